The summed E-state index contributed by atoms with van der Waals surface area (Å²) in [5, 5.41) is 0.00516. The molecule has 0 saturated carbocycles. The van der Waals surface area contributed by atoms with Gasteiger partial charge in [-0.05, 0) is 23.8 Å². The van der Waals surface area contributed by atoms with E-state index in [1.807, 2.05) is 0 Å². The zero-order valence-electron chi connectivity index (χ0n) is 7.38. The number of carbonyl (C=O) groups is 1. The van der Waals surface area contributed by atoms with E-state index in [-0.39, 0.29) is 10.6 Å². The van der Waals surface area contributed by atoms with Crippen LogP contribution in [0.3, 0.4) is 0 Å². The number of hydrogen-bond acceptors (Lipinski definition) is 1. The smallest absolute Gasteiger partial charge is 0.299 e. The van der Waals surface area contributed by atoms with Gasteiger partial charge in [0.2, 0.25) is 0 Å². The van der Waals surface area contributed by atoms with E-state index >= 15 is 0 Å². The maximum absolute atomic E-state index is 12.5. The van der Waals surface area contributed by atoms with Crippen LogP contribution in [0.25, 0.3) is 6.08 Å². The summed E-state index contributed by atoms with van der Waals surface area (Å²) in [5.41, 5.74) is -0.938. The summed E-state index contributed by atoms with van der Waals surface area (Å²) in [6, 6.07) is 3.37. The van der Waals surface area contributed by atoms with E-state index in [0.717, 1.165) is 18.2 Å². The summed E-state index contributed by atoms with van der Waals surface area (Å²) in [6.07, 6.45) is -1.98. The van der Waals surface area contributed by atoms with Crippen LogP contribution in [0.5, 0.6) is 0 Å². The molecule has 0 fully saturated rings. The third kappa shape index (κ3) is 3.09. The van der Waals surface area contributed by atoms with Crippen molar-refractivity contribution in [1.82, 2.24) is 0 Å². The number of hydrogen-bond donors (Lipinski definition) is 0. The molecule has 0 aliphatic carbocycles. The lowest BCUT2D eigenvalue weighted by atomic mass is 10.1. The van der Waals surface area contributed by atoms with Crippen LogP contribution in [0.15, 0.2) is 24.3 Å². The highest BCUT2D eigenvalue weighted by Gasteiger charge is 2.32. The maximum Gasteiger partial charge on any atom is 0.417 e. The van der Waals surface area contributed by atoms with E-state index in [1.165, 1.54) is 12.1 Å². The molecule has 0 saturated heterocycles. The number of halogens is 4. The Labute approximate surface area is 89.2 Å². The van der Waals surface area contributed by atoms with Crippen molar-refractivity contribution in [3.8, 4) is 0 Å². The number of alkyl halides is 3. The summed E-state index contributed by atoms with van der Waals surface area (Å²) in [7, 11) is 0. The molecular weight excluding hydrogens is 229 g/mol. The SMILES string of the molecule is O=CC=Cc1ccc(Cl)cc1C(F)(F)F. The summed E-state index contributed by atoms with van der Waals surface area (Å²) < 4.78 is 37.4. The van der Waals surface area contributed by atoms with Crippen LogP contribution in [0.1, 0.15) is 11.1 Å². The second-order valence-electron chi connectivity index (χ2n) is 2.72. The zero-order chi connectivity index (χ0) is 11.5. The standard InChI is InChI=1S/C10H6ClF3O/c11-8-4-3-7(2-1-5-15)9(6-8)10(12,13)14/h1-6H. The van der Waals surface area contributed by atoms with E-state index in [0.29, 0.717) is 6.29 Å². The molecule has 0 atom stereocenters. The Morgan fingerprint density at radius 2 is 1.93 bits per heavy atom. The minimum atomic E-state index is -4.48. The highest BCUT2D eigenvalue weighted by molar-refractivity contribution is 6.30. The predicted molar refractivity (Wildman–Crippen MR) is 51.6 cm³/mol. The van der Waals surface area contributed by atoms with Gasteiger partial charge in [0.25, 0.3) is 0 Å². The van der Waals surface area contributed by atoms with Crippen LogP contribution in [0, 0.1) is 0 Å². The van der Waals surface area contributed by atoms with Crippen LogP contribution in [0.4, 0.5) is 13.2 Å². The lowest BCUT2D eigenvalue weighted by molar-refractivity contribution is -0.137. The first-order chi connectivity index (χ1) is 6.95. The van der Waals surface area contributed by atoms with Crippen LogP contribution in [0.2, 0.25) is 5.02 Å². The van der Waals surface area contributed by atoms with E-state index in [4.69, 9.17) is 11.6 Å². The van der Waals surface area contributed by atoms with Crippen molar-refractivity contribution in [2.45, 2.75) is 6.18 Å². The van der Waals surface area contributed by atoms with Crippen LogP contribution >= 0.6 is 11.6 Å². The fraction of sp³-hybridized carbons (Fsp3) is 0.100. The minimum absolute atomic E-state index is 0.00516. The Morgan fingerprint density at radius 1 is 1.27 bits per heavy atom. The van der Waals surface area contributed by atoms with E-state index < -0.39 is 11.7 Å². The van der Waals surface area contributed by atoms with E-state index in [9.17, 15) is 18.0 Å². The molecule has 0 bridgehead atoms. The second-order valence-corrected chi connectivity index (χ2v) is 3.16. The molecule has 1 nitrogen and oxygen atoms in total. The number of allylic oxidation sites excluding steroid dienone is 1. The van der Waals surface area contributed by atoms with Gasteiger partial charge in [-0.15, -0.1) is 0 Å². The quantitative estimate of drug-likeness (QED) is 0.565. The first-order valence-electron chi connectivity index (χ1n) is 3.94. The van der Waals surface area contributed by atoms with Crippen molar-refractivity contribution >= 4 is 24.0 Å². The Morgan fingerprint density at radius 3 is 2.47 bits per heavy atom. The summed E-state index contributed by atoms with van der Waals surface area (Å²) in [4.78, 5) is 10.0. The molecule has 0 unspecified atom stereocenters. The topological polar surface area (TPSA) is 17.1 Å². The van der Waals surface area contributed by atoms with Crippen molar-refractivity contribution in [3.63, 3.8) is 0 Å². The van der Waals surface area contributed by atoms with Crippen molar-refractivity contribution in [2.75, 3.05) is 0 Å². The molecule has 0 radical (unpaired) electrons. The highest BCUT2D eigenvalue weighted by Crippen LogP contribution is 2.34. The van der Waals surface area contributed by atoms with Gasteiger partial charge >= 0.3 is 6.18 Å². The van der Waals surface area contributed by atoms with Gasteiger partial charge in [-0.2, -0.15) is 13.2 Å². The third-order valence-corrected chi connectivity index (χ3v) is 1.91. The van der Waals surface area contributed by atoms with Gasteiger partial charge in [0.15, 0.2) is 0 Å². The lowest BCUT2D eigenvalue weighted by Gasteiger charge is -2.10. The average Bonchev–Trinajstić information content (AvgIpc) is 2.14. The summed E-state index contributed by atoms with van der Waals surface area (Å²) in [6.45, 7) is 0. The summed E-state index contributed by atoms with van der Waals surface area (Å²) >= 11 is 5.46. The highest BCUT2D eigenvalue weighted by atomic mass is 35.5. The molecule has 0 aliphatic heterocycles. The van der Waals surface area contributed by atoms with Crippen LogP contribution in [-0.4, -0.2) is 6.29 Å². The first kappa shape index (κ1) is 11.8. The molecule has 0 spiro atoms. The fourth-order valence-corrected chi connectivity index (χ4v) is 1.23. The molecular formula is C10H6ClF3O. The molecule has 1 aromatic rings. The lowest BCUT2D eigenvalue weighted by Crippen LogP contribution is -2.07. The molecule has 1 rings (SSSR count). The van der Waals surface area contributed by atoms with E-state index in [2.05, 4.69) is 0 Å². The molecule has 0 amide bonds. The molecule has 0 aromatic heterocycles. The van der Waals surface area contributed by atoms with Crippen molar-refractivity contribution < 1.29 is 18.0 Å². The van der Waals surface area contributed by atoms with Gasteiger partial charge in [0.05, 0.1) is 5.56 Å². The average molecular weight is 235 g/mol. The van der Waals surface area contributed by atoms with Crippen LogP contribution in [-0.2, 0) is 11.0 Å². The van der Waals surface area contributed by atoms with Gasteiger partial charge in [-0.1, -0.05) is 23.7 Å². The van der Waals surface area contributed by atoms with Gasteiger partial charge in [0.1, 0.15) is 6.29 Å². The molecule has 15 heavy (non-hydrogen) atoms. The summed E-state index contributed by atoms with van der Waals surface area (Å²) in [5.74, 6) is 0. The Bertz CT molecular complexity index is 396. The number of benzene rings is 1. The van der Waals surface area contributed by atoms with Crippen molar-refractivity contribution in [3.05, 3.63) is 40.4 Å². The largest absolute Gasteiger partial charge is 0.417 e. The minimum Gasteiger partial charge on any atom is -0.299 e. The fourth-order valence-electron chi connectivity index (χ4n) is 1.06. The number of carbonyl (C=O) groups excluding carboxylic acids is 1. The zero-order valence-corrected chi connectivity index (χ0v) is 8.14. The monoisotopic (exact) mass is 234 g/mol. The van der Waals surface area contributed by atoms with Gasteiger partial charge in [-0.3, -0.25) is 4.79 Å². The molecule has 0 N–H and O–H groups in total. The Hall–Kier alpha value is -1.29. The van der Waals surface area contributed by atoms with Crippen molar-refractivity contribution in [1.29, 1.82) is 0 Å². The van der Waals surface area contributed by atoms with Gasteiger partial charge in [-0.25, -0.2) is 0 Å². The maximum atomic E-state index is 12.5. The molecule has 0 aliphatic rings. The molecule has 0 heterocycles. The normalized spacial score (nSPS) is 12.0. The molecule has 80 valence electrons. The second kappa shape index (κ2) is 4.49. The third-order valence-electron chi connectivity index (χ3n) is 1.68. The van der Waals surface area contributed by atoms with Crippen molar-refractivity contribution in [2.24, 2.45) is 0 Å². The molecule has 1 aromatic carbocycles. The molecule has 5 heteroatoms. The van der Waals surface area contributed by atoms with E-state index in [1.54, 1.807) is 0 Å². The first-order valence-corrected chi connectivity index (χ1v) is 4.31. The Balaban J connectivity index is 3.26. The number of aldehydes is 1. The predicted octanol–water partition coefficient (Wildman–Crippen LogP) is 3.57. The number of rotatable bonds is 2. The van der Waals surface area contributed by atoms with Gasteiger partial charge in [0, 0.05) is 5.02 Å². The van der Waals surface area contributed by atoms with Gasteiger partial charge < -0.3 is 0 Å². The Kier molecular flexibility index (Phi) is 3.52. The van der Waals surface area contributed by atoms with Crippen LogP contribution < -0.4 is 0 Å².